The molecule has 1 amide bonds. The average molecular weight is 1110 g/mol. The molecule has 0 saturated carbocycles. The van der Waals surface area contributed by atoms with Gasteiger partial charge in [-0.05, 0) is 89.9 Å². The van der Waals surface area contributed by atoms with Gasteiger partial charge >= 0.3 is 5.97 Å². The quantitative estimate of drug-likeness (QED) is 0.0320. The van der Waals surface area contributed by atoms with E-state index in [2.05, 4.69) is 67.8 Å². The number of unbranched alkanes of at least 4 members (excludes halogenated alkanes) is 47. The van der Waals surface area contributed by atoms with Crippen molar-refractivity contribution in [2.75, 3.05) is 13.2 Å². The van der Waals surface area contributed by atoms with Crippen LogP contribution in [0.1, 0.15) is 380 Å². The van der Waals surface area contributed by atoms with Crippen molar-refractivity contribution in [1.82, 2.24) is 5.32 Å². The highest BCUT2D eigenvalue weighted by Gasteiger charge is 2.20. The monoisotopic (exact) mass is 1110 g/mol. The lowest BCUT2D eigenvalue weighted by atomic mass is 10.0. The van der Waals surface area contributed by atoms with Crippen molar-refractivity contribution in [2.24, 2.45) is 0 Å². The topological polar surface area (TPSA) is 95.9 Å². The highest BCUT2D eigenvalue weighted by molar-refractivity contribution is 5.76. The lowest BCUT2D eigenvalue weighted by molar-refractivity contribution is -0.143. The summed E-state index contributed by atoms with van der Waals surface area (Å²) >= 11 is 0. The molecule has 0 fully saturated rings. The van der Waals surface area contributed by atoms with E-state index >= 15 is 0 Å². The molecule has 0 aromatic rings. The van der Waals surface area contributed by atoms with Crippen LogP contribution in [-0.2, 0) is 14.3 Å². The van der Waals surface area contributed by atoms with Gasteiger partial charge < -0.3 is 20.3 Å². The number of ether oxygens (including phenoxy) is 1. The molecular formula is C73H137NO5. The van der Waals surface area contributed by atoms with Gasteiger partial charge in [-0.1, -0.05) is 326 Å². The molecule has 0 heterocycles. The zero-order valence-electron chi connectivity index (χ0n) is 53.1. The number of nitrogens with one attached hydrogen (secondary N) is 1. The Balaban J connectivity index is 3.42. The van der Waals surface area contributed by atoms with Crippen LogP contribution in [0.3, 0.4) is 0 Å². The first-order valence-corrected chi connectivity index (χ1v) is 35.4. The van der Waals surface area contributed by atoms with E-state index in [0.717, 1.165) is 57.8 Å². The molecule has 2 unspecified atom stereocenters. The van der Waals surface area contributed by atoms with E-state index in [1.54, 1.807) is 0 Å². The number of allylic oxidation sites excluding steroid dienone is 8. The Morgan fingerprint density at radius 1 is 0.354 bits per heavy atom. The van der Waals surface area contributed by atoms with Gasteiger partial charge in [-0.2, -0.15) is 0 Å². The first-order chi connectivity index (χ1) is 39.0. The summed E-state index contributed by atoms with van der Waals surface area (Å²) in [7, 11) is 0. The summed E-state index contributed by atoms with van der Waals surface area (Å²) in [6, 6.07) is -0.548. The van der Waals surface area contributed by atoms with E-state index in [-0.39, 0.29) is 18.5 Å². The second-order valence-electron chi connectivity index (χ2n) is 24.2. The molecule has 0 radical (unpaired) electrons. The van der Waals surface area contributed by atoms with Crippen molar-refractivity contribution in [1.29, 1.82) is 0 Å². The summed E-state index contributed by atoms with van der Waals surface area (Å²) in [4.78, 5) is 24.6. The normalized spacial score (nSPS) is 12.8. The van der Waals surface area contributed by atoms with Crippen LogP contribution in [0.25, 0.3) is 0 Å². The van der Waals surface area contributed by atoms with Gasteiger partial charge in [0.1, 0.15) is 0 Å². The van der Waals surface area contributed by atoms with Crippen molar-refractivity contribution < 1.29 is 24.5 Å². The predicted octanol–water partition coefficient (Wildman–Crippen LogP) is 22.9. The van der Waals surface area contributed by atoms with Crippen LogP contribution in [0.4, 0.5) is 0 Å². The van der Waals surface area contributed by atoms with Crippen molar-refractivity contribution in [3.05, 3.63) is 48.6 Å². The molecule has 6 heteroatoms. The van der Waals surface area contributed by atoms with E-state index in [1.165, 1.54) is 289 Å². The van der Waals surface area contributed by atoms with Gasteiger partial charge in [-0.3, -0.25) is 9.59 Å². The number of amides is 1. The lowest BCUT2D eigenvalue weighted by Crippen LogP contribution is -2.45. The molecule has 0 saturated heterocycles. The zero-order valence-corrected chi connectivity index (χ0v) is 53.1. The van der Waals surface area contributed by atoms with Gasteiger partial charge in [-0.15, -0.1) is 0 Å². The summed E-state index contributed by atoms with van der Waals surface area (Å²) in [6.45, 7) is 4.95. The summed E-state index contributed by atoms with van der Waals surface area (Å²) < 4.78 is 5.50. The molecule has 0 rings (SSSR count). The molecule has 0 aliphatic carbocycles. The van der Waals surface area contributed by atoms with Crippen molar-refractivity contribution in [2.45, 2.75) is 392 Å². The minimum atomic E-state index is -0.670. The third kappa shape index (κ3) is 64.8. The number of aliphatic hydroxyl groups excluding tert-OH is 2. The highest BCUT2D eigenvalue weighted by Crippen LogP contribution is 2.18. The second-order valence-corrected chi connectivity index (χ2v) is 24.2. The molecule has 6 nitrogen and oxygen atoms in total. The Kier molecular flexibility index (Phi) is 66.4. The number of carbonyl (C=O) groups is 2. The van der Waals surface area contributed by atoms with E-state index < -0.39 is 12.1 Å². The fourth-order valence-corrected chi connectivity index (χ4v) is 10.9. The fourth-order valence-electron chi connectivity index (χ4n) is 10.9. The third-order valence-corrected chi connectivity index (χ3v) is 16.4. The molecule has 464 valence electrons. The number of rotatable bonds is 66. The first kappa shape index (κ1) is 76.8. The molecule has 0 spiro atoms. The number of esters is 1. The standard InChI is InChI=1S/C73H137NO5/c1-3-5-7-9-11-13-15-17-19-21-30-35-39-43-47-51-55-59-63-67-73(78)79-68-64-60-56-52-48-44-40-36-32-29-27-25-23-24-26-28-31-34-38-42-46-50-54-58-62-66-72(77)74-70(69-75)71(76)65-61-57-53-49-45-41-37-33-22-20-18-16-14-12-10-8-6-4-2/h11,13,17,19,24-27,70-71,75-76H,3-10,12,14-16,18,20-23,28-69H2,1-2H3,(H,74,77)/b13-11-,19-17-,26-24-,27-25-. The van der Waals surface area contributed by atoms with Gasteiger partial charge in [0.2, 0.25) is 5.91 Å². The number of hydrogen-bond acceptors (Lipinski definition) is 5. The van der Waals surface area contributed by atoms with E-state index in [1.807, 2.05) is 0 Å². The van der Waals surface area contributed by atoms with Crippen molar-refractivity contribution >= 4 is 11.9 Å². The minimum Gasteiger partial charge on any atom is -0.466 e. The second kappa shape index (κ2) is 68.3. The van der Waals surface area contributed by atoms with Crippen LogP contribution in [0.2, 0.25) is 0 Å². The maximum absolute atomic E-state index is 12.5. The summed E-state index contributed by atoms with van der Waals surface area (Å²) in [5, 5.41) is 23.4. The minimum absolute atomic E-state index is 0.00554. The molecule has 0 aromatic carbocycles. The zero-order chi connectivity index (χ0) is 57.1. The van der Waals surface area contributed by atoms with E-state index in [9.17, 15) is 19.8 Å². The average Bonchev–Trinajstić information content (AvgIpc) is 3.45. The maximum atomic E-state index is 12.5. The Labute approximate surface area is 493 Å². The van der Waals surface area contributed by atoms with Crippen LogP contribution in [0.5, 0.6) is 0 Å². The van der Waals surface area contributed by atoms with Gasteiger partial charge in [0, 0.05) is 12.8 Å². The Bertz CT molecular complexity index is 1320. The molecule has 79 heavy (non-hydrogen) atoms. The SMILES string of the molecule is CCCCC/C=C\C/C=C\CCCCCCCCCCCC(=O)OCCCCCCCCCCC/C=C\C/C=C\CCCCCCCCCCCC(=O)NC(CO)C(O)CCCCCCCCCCCCCCCCCCCC. The smallest absolute Gasteiger partial charge is 0.305 e. The largest absolute Gasteiger partial charge is 0.466 e. The lowest BCUT2D eigenvalue weighted by Gasteiger charge is -2.22. The predicted molar refractivity (Wildman–Crippen MR) is 347 cm³/mol. The van der Waals surface area contributed by atoms with Crippen molar-refractivity contribution in [3.8, 4) is 0 Å². The Morgan fingerprint density at radius 3 is 0.987 bits per heavy atom. The summed E-state index contributed by atoms with van der Waals surface area (Å²) in [5.41, 5.74) is 0. The summed E-state index contributed by atoms with van der Waals surface area (Å²) in [5.74, 6) is -0.0329. The molecule has 0 aliphatic heterocycles. The summed E-state index contributed by atoms with van der Waals surface area (Å²) in [6.07, 6.45) is 88.6. The van der Waals surface area contributed by atoms with Gasteiger partial charge in [0.15, 0.2) is 0 Å². The van der Waals surface area contributed by atoms with Crippen LogP contribution in [0, 0.1) is 0 Å². The van der Waals surface area contributed by atoms with Crippen molar-refractivity contribution in [3.63, 3.8) is 0 Å². The number of hydrogen-bond donors (Lipinski definition) is 3. The third-order valence-electron chi connectivity index (χ3n) is 16.4. The number of carbonyl (C=O) groups excluding carboxylic acids is 2. The van der Waals surface area contributed by atoms with Crippen LogP contribution < -0.4 is 5.32 Å². The van der Waals surface area contributed by atoms with Crippen LogP contribution in [0.15, 0.2) is 48.6 Å². The molecule has 2 atom stereocenters. The molecule has 0 aliphatic rings. The van der Waals surface area contributed by atoms with Crippen LogP contribution >= 0.6 is 0 Å². The van der Waals surface area contributed by atoms with E-state index in [0.29, 0.717) is 25.9 Å². The van der Waals surface area contributed by atoms with Gasteiger partial charge in [0.05, 0.1) is 25.4 Å². The fraction of sp³-hybridized carbons (Fsp3) is 0.863. The number of aliphatic hydroxyl groups is 2. The molecular weight excluding hydrogens is 971 g/mol. The Morgan fingerprint density at radius 2 is 0.633 bits per heavy atom. The molecule has 0 aromatic heterocycles. The maximum Gasteiger partial charge on any atom is 0.305 e. The van der Waals surface area contributed by atoms with Crippen LogP contribution in [-0.4, -0.2) is 47.4 Å². The van der Waals surface area contributed by atoms with Gasteiger partial charge in [-0.25, -0.2) is 0 Å². The Hall–Kier alpha value is -2.18. The highest BCUT2D eigenvalue weighted by atomic mass is 16.5. The molecule has 3 N–H and O–H groups in total. The first-order valence-electron chi connectivity index (χ1n) is 35.4. The van der Waals surface area contributed by atoms with Gasteiger partial charge in [0.25, 0.3) is 0 Å². The molecule has 0 bridgehead atoms. The van der Waals surface area contributed by atoms with E-state index in [4.69, 9.17) is 4.74 Å².